The number of hydrogen-bond donors (Lipinski definition) is 7. The van der Waals surface area contributed by atoms with E-state index < -0.39 is 80.7 Å². The highest BCUT2D eigenvalue weighted by Gasteiger charge is 2.47. The molecular weight excluding hydrogens is 921 g/mol. The average Bonchev–Trinajstić information content (AvgIpc) is 3.38. The summed E-state index contributed by atoms with van der Waals surface area (Å²) in [6, 6.07) is 0. The van der Waals surface area contributed by atoms with Crippen LogP contribution in [0.1, 0.15) is 213 Å². The predicted molar refractivity (Wildman–Crippen MR) is 284 cm³/mol. The number of hydrogen-bond acceptors (Lipinski definition) is 14. The van der Waals surface area contributed by atoms with Crippen molar-refractivity contribution in [3.8, 4) is 0 Å². The molecular formula is C58H104O14. The number of aliphatic hydroxyl groups excluding tert-OH is 7. The van der Waals surface area contributed by atoms with Crippen LogP contribution in [0.15, 0.2) is 48.6 Å². The van der Waals surface area contributed by atoms with Gasteiger partial charge in [-0.15, -0.1) is 0 Å². The van der Waals surface area contributed by atoms with Crippen molar-refractivity contribution in [1.29, 1.82) is 0 Å². The Morgan fingerprint density at radius 2 is 0.861 bits per heavy atom. The third kappa shape index (κ3) is 31.7. The zero-order chi connectivity index (χ0) is 52.3. The first-order chi connectivity index (χ1) is 35.1. The van der Waals surface area contributed by atoms with Crippen molar-refractivity contribution >= 4 is 5.97 Å². The molecule has 7 N–H and O–H groups in total. The number of carbonyl (C=O) groups is 1. The summed E-state index contributed by atoms with van der Waals surface area (Å²) in [5, 5.41) is 72.3. The van der Waals surface area contributed by atoms with E-state index in [-0.39, 0.29) is 25.6 Å². The quantitative estimate of drug-likeness (QED) is 0.0172. The standard InChI is InChI=1S/C58H104O14/c1-3-5-7-9-11-13-15-17-19-21-22-23-24-25-27-29-31-33-35-37-39-41-50(60)70-47(44-67-42-40-38-36-34-32-30-28-26-20-18-16-14-12-10-8-6-4-2)45-68-57-56(66)54(64)52(62)49(72-57)46-69-58-55(65)53(63)51(61)48(43-59)71-58/h14-17,20-22,26,47-49,51-59,61-66H,3-13,18-19,23-25,27-46H2,1-2H3/b16-14-,17-15-,22-21-,26-20-. The first kappa shape index (κ1) is 66.1. The van der Waals surface area contributed by atoms with Crippen LogP contribution in [-0.4, -0.2) is 142 Å². The van der Waals surface area contributed by atoms with Gasteiger partial charge in [0.2, 0.25) is 0 Å². The normalized spacial score (nSPS) is 25.5. The van der Waals surface area contributed by atoms with Crippen molar-refractivity contribution in [2.45, 2.75) is 280 Å². The maximum Gasteiger partial charge on any atom is 0.306 e. The number of carbonyl (C=O) groups excluding carboxylic acids is 1. The summed E-state index contributed by atoms with van der Waals surface area (Å²) in [4.78, 5) is 13.1. The minimum atomic E-state index is -1.71. The summed E-state index contributed by atoms with van der Waals surface area (Å²) in [5.74, 6) is -0.384. The predicted octanol–water partition coefficient (Wildman–Crippen LogP) is 9.91. The molecule has 0 aromatic heterocycles. The van der Waals surface area contributed by atoms with Crippen LogP contribution < -0.4 is 0 Å². The molecule has 0 aromatic rings. The molecule has 420 valence electrons. The minimum Gasteiger partial charge on any atom is -0.457 e. The van der Waals surface area contributed by atoms with Crippen LogP contribution >= 0.6 is 0 Å². The third-order valence-corrected chi connectivity index (χ3v) is 13.6. The lowest BCUT2D eigenvalue weighted by atomic mass is 9.98. The maximum atomic E-state index is 13.1. The molecule has 2 aliphatic rings. The van der Waals surface area contributed by atoms with Crippen molar-refractivity contribution in [3.05, 3.63) is 48.6 Å². The highest BCUT2D eigenvalue weighted by atomic mass is 16.7. The van der Waals surface area contributed by atoms with E-state index in [0.717, 1.165) is 70.6 Å². The van der Waals surface area contributed by atoms with Crippen molar-refractivity contribution in [3.63, 3.8) is 0 Å². The van der Waals surface area contributed by atoms with Gasteiger partial charge in [-0.2, -0.15) is 0 Å². The van der Waals surface area contributed by atoms with Gasteiger partial charge in [-0.25, -0.2) is 0 Å². The summed E-state index contributed by atoms with van der Waals surface area (Å²) in [7, 11) is 0. The topological polar surface area (TPSA) is 214 Å². The number of rotatable bonds is 46. The molecule has 2 rings (SSSR count). The van der Waals surface area contributed by atoms with Crippen LogP contribution in [0.2, 0.25) is 0 Å². The van der Waals surface area contributed by atoms with Crippen molar-refractivity contribution < 1.29 is 69.0 Å². The fourth-order valence-electron chi connectivity index (χ4n) is 8.88. The fourth-order valence-corrected chi connectivity index (χ4v) is 8.88. The molecule has 11 unspecified atom stereocenters. The molecule has 11 atom stereocenters. The smallest absolute Gasteiger partial charge is 0.306 e. The molecule has 0 bridgehead atoms. The van der Waals surface area contributed by atoms with Gasteiger partial charge in [0.1, 0.15) is 54.9 Å². The van der Waals surface area contributed by atoms with Gasteiger partial charge in [-0.3, -0.25) is 4.79 Å². The van der Waals surface area contributed by atoms with E-state index in [0.29, 0.717) is 13.0 Å². The Balaban J connectivity index is 1.73. The highest BCUT2D eigenvalue weighted by molar-refractivity contribution is 5.69. The maximum absolute atomic E-state index is 13.1. The summed E-state index contributed by atoms with van der Waals surface area (Å²) in [6.07, 6.45) is 37.3. The first-order valence-electron chi connectivity index (χ1n) is 28.7. The van der Waals surface area contributed by atoms with E-state index >= 15 is 0 Å². The number of unbranched alkanes of at least 4 members (excludes halogenated alkanes) is 24. The molecule has 2 fully saturated rings. The Morgan fingerprint density at radius 1 is 0.458 bits per heavy atom. The van der Waals surface area contributed by atoms with Crippen LogP contribution in [0.5, 0.6) is 0 Å². The second kappa shape index (κ2) is 45.2. The SMILES string of the molecule is CCCCCC/C=C\C/C=C\CCCCCCCCOCC(COC1OC(COC2OC(CO)C(O)C(O)C2O)C(O)C(O)C1O)OC(=O)CCCCCCCCCCC/C=C\C/C=C\CCCCCCC. The van der Waals surface area contributed by atoms with Crippen LogP contribution in [-0.2, 0) is 33.2 Å². The van der Waals surface area contributed by atoms with Crippen LogP contribution in [0.3, 0.4) is 0 Å². The van der Waals surface area contributed by atoms with Gasteiger partial charge in [0.25, 0.3) is 0 Å². The summed E-state index contributed by atoms with van der Waals surface area (Å²) in [6.45, 7) is 3.65. The zero-order valence-corrected chi connectivity index (χ0v) is 44.9. The molecule has 14 heteroatoms. The van der Waals surface area contributed by atoms with E-state index in [1.807, 2.05) is 0 Å². The second-order valence-electron chi connectivity index (χ2n) is 20.1. The molecule has 0 amide bonds. The fraction of sp³-hybridized carbons (Fsp3) is 0.845. The molecule has 14 nitrogen and oxygen atoms in total. The van der Waals surface area contributed by atoms with E-state index in [4.69, 9.17) is 28.4 Å². The Bertz CT molecular complexity index is 1370. The molecule has 2 aliphatic heterocycles. The lowest BCUT2D eigenvalue weighted by Crippen LogP contribution is -2.61. The number of aliphatic hydroxyl groups is 7. The number of esters is 1. The van der Waals surface area contributed by atoms with E-state index in [9.17, 15) is 40.5 Å². The second-order valence-corrected chi connectivity index (χ2v) is 20.1. The molecule has 2 saturated heterocycles. The number of allylic oxidation sites excluding steroid dienone is 8. The molecule has 0 saturated carbocycles. The van der Waals surface area contributed by atoms with Gasteiger partial charge >= 0.3 is 5.97 Å². The van der Waals surface area contributed by atoms with Crippen LogP contribution in [0.4, 0.5) is 0 Å². The van der Waals surface area contributed by atoms with Gasteiger partial charge in [0.05, 0.1) is 26.4 Å². The zero-order valence-electron chi connectivity index (χ0n) is 44.9. The lowest BCUT2D eigenvalue weighted by Gasteiger charge is -2.42. The van der Waals surface area contributed by atoms with E-state index in [1.165, 1.54) is 116 Å². The highest BCUT2D eigenvalue weighted by Crippen LogP contribution is 2.26. The minimum absolute atomic E-state index is 0.0523. The van der Waals surface area contributed by atoms with E-state index in [1.54, 1.807) is 0 Å². The van der Waals surface area contributed by atoms with Gasteiger partial charge in [0, 0.05) is 13.0 Å². The summed E-state index contributed by atoms with van der Waals surface area (Å²) in [5.41, 5.74) is 0. The van der Waals surface area contributed by atoms with Gasteiger partial charge in [-0.05, 0) is 77.0 Å². The average molecular weight is 1030 g/mol. The Morgan fingerprint density at radius 3 is 1.35 bits per heavy atom. The van der Waals surface area contributed by atoms with Gasteiger partial charge in [-0.1, -0.05) is 178 Å². The Hall–Kier alpha value is -2.05. The van der Waals surface area contributed by atoms with Crippen molar-refractivity contribution in [2.75, 3.05) is 33.0 Å². The number of ether oxygens (including phenoxy) is 6. The third-order valence-electron chi connectivity index (χ3n) is 13.6. The van der Waals surface area contributed by atoms with E-state index in [2.05, 4.69) is 62.5 Å². The van der Waals surface area contributed by atoms with Crippen LogP contribution in [0.25, 0.3) is 0 Å². The lowest BCUT2D eigenvalue weighted by molar-refractivity contribution is -0.332. The summed E-state index contributed by atoms with van der Waals surface area (Å²) >= 11 is 0. The molecule has 0 radical (unpaired) electrons. The van der Waals surface area contributed by atoms with Crippen LogP contribution in [0, 0.1) is 0 Å². The monoisotopic (exact) mass is 1020 g/mol. The molecule has 0 aliphatic carbocycles. The first-order valence-corrected chi connectivity index (χ1v) is 28.7. The summed E-state index contributed by atoms with van der Waals surface area (Å²) < 4.78 is 34.4. The molecule has 72 heavy (non-hydrogen) atoms. The van der Waals surface area contributed by atoms with Crippen molar-refractivity contribution in [1.82, 2.24) is 0 Å². The van der Waals surface area contributed by atoms with Gasteiger partial charge < -0.3 is 64.2 Å². The Labute approximate surface area is 435 Å². The van der Waals surface area contributed by atoms with Gasteiger partial charge in [0.15, 0.2) is 12.6 Å². The Kier molecular flexibility index (Phi) is 41.4. The molecule has 2 heterocycles. The van der Waals surface area contributed by atoms with Crippen molar-refractivity contribution in [2.24, 2.45) is 0 Å². The molecule has 0 aromatic carbocycles. The molecule has 0 spiro atoms. The largest absolute Gasteiger partial charge is 0.457 e.